The van der Waals surface area contributed by atoms with E-state index in [-0.39, 0.29) is 18.5 Å². The van der Waals surface area contributed by atoms with E-state index in [2.05, 4.69) is 15.1 Å². The molecular weight excluding hydrogens is 382 g/mol. The number of aliphatic hydroxyl groups is 1. The fourth-order valence-corrected chi connectivity index (χ4v) is 5.49. The van der Waals surface area contributed by atoms with Gasteiger partial charge in [-0.25, -0.2) is 0 Å². The molecule has 0 radical (unpaired) electrons. The van der Waals surface area contributed by atoms with E-state index in [1.165, 1.54) is 24.6 Å². The van der Waals surface area contributed by atoms with Gasteiger partial charge in [-0.2, -0.15) is 0 Å². The van der Waals surface area contributed by atoms with E-state index in [1.807, 2.05) is 16.5 Å². The summed E-state index contributed by atoms with van der Waals surface area (Å²) in [4.78, 5) is 25.4. The van der Waals surface area contributed by atoms with Gasteiger partial charge in [-0.1, -0.05) is 11.8 Å². The highest BCUT2D eigenvalue weighted by Gasteiger charge is 2.44. The van der Waals surface area contributed by atoms with Gasteiger partial charge in [0.05, 0.1) is 11.9 Å². The third-order valence-electron chi connectivity index (χ3n) is 6.07. The molecule has 0 bridgehead atoms. The summed E-state index contributed by atoms with van der Waals surface area (Å²) in [5, 5.41) is 26.1. The molecule has 1 aromatic rings. The first-order valence-electron chi connectivity index (χ1n) is 9.78. The maximum atomic E-state index is 12.6. The Labute approximate surface area is 169 Å². The van der Waals surface area contributed by atoms with E-state index >= 15 is 0 Å². The molecule has 3 heterocycles. The summed E-state index contributed by atoms with van der Waals surface area (Å²) < 4.78 is 1.83. The number of fused-ring (bicyclic) bond motifs is 1. The van der Waals surface area contributed by atoms with Crippen LogP contribution in [0.2, 0.25) is 0 Å². The van der Waals surface area contributed by atoms with Crippen LogP contribution in [-0.4, -0.2) is 91.2 Å². The van der Waals surface area contributed by atoms with Crippen molar-refractivity contribution in [1.29, 1.82) is 0 Å². The third-order valence-corrected chi connectivity index (χ3v) is 7.09. The Balaban J connectivity index is 0.000000706. The summed E-state index contributed by atoms with van der Waals surface area (Å²) in [6.07, 6.45) is 5.79. The van der Waals surface area contributed by atoms with Crippen molar-refractivity contribution in [3.05, 3.63) is 6.33 Å². The number of likely N-dealkylation sites (tertiary alicyclic amines) is 2. The predicted molar refractivity (Wildman–Crippen MR) is 104 cm³/mol. The number of carbonyl (C=O) groups is 2. The second kappa shape index (κ2) is 9.71. The lowest BCUT2D eigenvalue weighted by Crippen LogP contribution is -2.48. The minimum Gasteiger partial charge on any atom is -0.483 e. The molecule has 28 heavy (non-hydrogen) atoms. The van der Waals surface area contributed by atoms with Crippen LogP contribution in [-0.2, 0) is 16.6 Å². The van der Waals surface area contributed by atoms with Crippen molar-refractivity contribution in [3.8, 4) is 0 Å². The Kier molecular flexibility index (Phi) is 7.30. The maximum Gasteiger partial charge on any atom is 0.290 e. The van der Waals surface area contributed by atoms with Crippen molar-refractivity contribution in [2.45, 2.75) is 43.0 Å². The van der Waals surface area contributed by atoms with Gasteiger partial charge in [0.1, 0.15) is 6.33 Å². The monoisotopic (exact) mass is 411 g/mol. The largest absolute Gasteiger partial charge is 0.483 e. The van der Waals surface area contributed by atoms with E-state index < -0.39 is 0 Å². The molecule has 1 aromatic heterocycles. The summed E-state index contributed by atoms with van der Waals surface area (Å²) in [5.74, 6) is 1.58. The summed E-state index contributed by atoms with van der Waals surface area (Å²) in [5.41, 5.74) is 0. The highest BCUT2D eigenvalue weighted by molar-refractivity contribution is 7.99. The molecule has 2 N–H and O–H groups in total. The maximum absolute atomic E-state index is 12.6. The van der Waals surface area contributed by atoms with Gasteiger partial charge in [-0.15, -0.1) is 10.2 Å². The second-order valence-electron chi connectivity index (χ2n) is 7.79. The quantitative estimate of drug-likeness (QED) is 0.538. The van der Waals surface area contributed by atoms with Crippen LogP contribution in [0.4, 0.5) is 0 Å². The first-order chi connectivity index (χ1) is 13.5. The number of amides is 1. The lowest BCUT2D eigenvalue weighted by Gasteiger charge is -2.40. The van der Waals surface area contributed by atoms with Gasteiger partial charge >= 0.3 is 0 Å². The number of hydrogen-bond acceptors (Lipinski definition) is 7. The zero-order valence-electron chi connectivity index (χ0n) is 16.2. The number of aromatic nitrogens is 3. The molecule has 0 unspecified atom stereocenters. The molecule has 0 aromatic carbocycles. The average Bonchev–Trinajstić information content (AvgIpc) is 3.40. The minimum absolute atomic E-state index is 0.176. The molecule has 1 aliphatic carbocycles. The number of nitrogens with zero attached hydrogens (tertiary/aromatic N) is 5. The van der Waals surface area contributed by atoms with Crippen molar-refractivity contribution in [2.75, 3.05) is 31.9 Å². The topological polar surface area (TPSA) is 112 Å². The molecule has 3 fully saturated rings. The van der Waals surface area contributed by atoms with Crippen LogP contribution in [0.1, 0.15) is 25.7 Å². The van der Waals surface area contributed by atoms with Crippen LogP contribution in [0.25, 0.3) is 0 Å². The molecule has 1 saturated carbocycles. The van der Waals surface area contributed by atoms with Gasteiger partial charge in [0.25, 0.3) is 6.47 Å². The third kappa shape index (κ3) is 4.84. The Morgan fingerprint density at radius 2 is 1.93 bits per heavy atom. The van der Waals surface area contributed by atoms with Crippen molar-refractivity contribution in [1.82, 2.24) is 24.6 Å². The molecule has 156 valence electrons. The number of thioether (sulfide) groups is 1. The Bertz CT molecular complexity index is 666. The van der Waals surface area contributed by atoms with Crippen molar-refractivity contribution >= 4 is 24.1 Å². The summed E-state index contributed by atoms with van der Waals surface area (Å²) in [6, 6.07) is 0.298. The summed E-state index contributed by atoms with van der Waals surface area (Å²) in [7, 11) is 1.89. The van der Waals surface area contributed by atoms with E-state index in [4.69, 9.17) is 9.90 Å². The molecule has 3 aliphatic rings. The van der Waals surface area contributed by atoms with Gasteiger partial charge in [0.2, 0.25) is 5.91 Å². The van der Waals surface area contributed by atoms with Crippen LogP contribution in [0.3, 0.4) is 0 Å². The average molecular weight is 412 g/mol. The lowest BCUT2D eigenvalue weighted by molar-refractivity contribution is -0.127. The Morgan fingerprint density at radius 1 is 1.29 bits per heavy atom. The van der Waals surface area contributed by atoms with E-state index in [0.29, 0.717) is 23.6 Å². The number of rotatable bonds is 4. The molecule has 4 atom stereocenters. The molecule has 4 rings (SSSR count). The summed E-state index contributed by atoms with van der Waals surface area (Å²) in [6.45, 7) is 3.64. The normalized spacial score (nSPS) is 29.9. The SMILES string of the molecule is Cn1cnnc1SCC(=O)N1C[C@H]2C[C@@H](N3CCCC3)[C@H](O)C[C@H]2C1.O=CO. The van der Waals surface area contributed by atoms with E-state index in [0.717, 1.165) is 44.2 Å². The molecular formula is C18H29N5O4S. The second-order valence-corrected chi connectivity index (χ2v) is 8.73. The van der Waals surface area contributed by atoms with Crippen molar-refractivity contribution in [2.24, 2.45) is 18.9 Å². The Morgan fingerprint density at radius 3 is 2.54 bits per heavy atom. The van der Waals surface area contributed by atoms with Crippen molar-refractivity contribution in [3.63, 3.8) is 0 Å². The summed E-state index contributed by atoms with van der Waals surface area (Å²) >= 11 is 1.44. The standard InChI is InChI=1S/C17H27N5O2S.CH2O2/c1-20-11-18-19-17(20)25-10-16(24)22-8-12-6-14(21-4-2-3-5-21)15(23)7-13(12)9-22;2-1-3/h11-15,23H,2-10H2,1H3;1H,(H,2,3)/t12-,13+,14-,15-;/m1./s1. The fourth-order valence-electron chi connectivity index (χ4n) is 4.70. The number of carbonyl (C=O) groups excluding carboxylic acids is 1. The minimum atomic E-state index is -0.250. The van der Waals surface area contributed by atoms with Gasteiger partial charge in [-0.3, -0.25) is 14.5 Å². The molecule has 2 aliphatic heterocycles. The lowest BCUT2D eigenvalue weighted by atomic mass is 9.77. The smallest absolute Gasteiger partial charge is 0.290 e. The fraction of sp³-hybridized carbons (Fsp3) is 0.778. The van der Waals surface area contributed by atoms with Crippen LogP contribution in [0.15, 0.2) is 11.5 Å². The molecule has 1 amide bonds. The molecule has 9 nitrogen and oxygen atoms in total. The van der Waals surface area contributed by atoms with Crippen LogP contribution in [0, 0.1) is 11.8 Å². The van der Waals surface area contributed by atoms with Gasteiger partial charge in [-0.05, 0) is 50.6 Å². The van der Waals surface area contributed by atoms with Crippen molar-refractivity contribution < 1.29 is 19.8 Å². The molecule has 10 heteroatoms. The molecule has 2 saturated heterocycles. The highest BCUT2D eigenvalue weighted by atomic mass is 32.2. The highest BCUT2D eigenvalue weighted by Crippen LogP contribution is 2.39. The van der Waals surface area contributed by atoms with E-state index in [1.54, 1.807) is 6.33 Å². The first kappa shape index (κ1) is 21.1. The number of hydrogen-bond donors (Lipinski definition) is 2. The molecule has 0 spiro atoms. The van der Waals surface area contributed by atoms with Crippen LogP contribution in [0.5, 0.6) is 0 Å². The van der Waals surface area contributed by atoms with E-state index in [9.17, 15) is 9.90 Å². The van der Waals surface area contributed by atoms with Crippen LogP contribution >= 0.6 is 11.8 Å². The van der Waals surface area contributed by atoms with Crippen LogP contribution < -0.4 is 0 Å². The van der Waals surface area contributed by atoms with Gasteiger partial charge < -0.3 is 19.7 Å². The van der Waals surface area contributed by atoms with Gasteiger partial charge in [0, 0.05) is 26.2 Å². The number of aryl methyl sites for hydroxylation is 1. The predicted octanol–water partition coefficient (Wildman–Crippen LogP) is 0.302. The van der Waals surface area contributed by atoms with Gasteiger partial charge in [0.15, 0.2) is 5.16 Å². The number of carboxylic acid groups (broad SMARTS) is 1. The first-order valence-corrected chi connectivity index (χ1v) is 10.8. The zero-order chi connectivity index (χ0) is 20.1. The number of aliphatic hydroxyl groups excluding tert-OH is 1. The Hall–Kier alpha value is -1.65. The zero-order valence-corrected chi connectivity index (χ0v) is 17.0.